The fourth-order valence-corrected chi connectivity index (χ4v) is 3.44. The van der Waals surface area contributed by atoms with Gasteiger partial charge in [0.25, 0.3) is 11.8 Å². The number of hydrogen-bond donors (Lipinski definition) is 1. The third kappa shape index (κ3) is 6.72. The molecule has 0 aromatic heterocycles. The maximum absolute atomic E-state index is 12.6. The van der Waals surface area contributed by atoms with Crippen molar-refractivity contribution < 1.29 is 19.1 Å². The summed E-state index contributed by atoms with van der Waals surface area (Å²) in [6.07, 6.45) is 0.214. The molecule has 2 aromatic rings. The van der Waals surface area contributed by atoms with Gasteiger partial charge in [-0.2, -0.15) is 0 Å². The molecular formula is C23H26ClN3O4. The Kier molecular flexibility index (Phi) is 7.89. The highest BCUT2D eigenvalue weighted by Crippen LogP contribution is 2.15. The van der Waals surface area contributed by atoms with E-state index < -0.39 is 0 Å². The summed E-state index contributed by atoms with van der Waals surface area (Å²) in [6, 6.07) is 15.5. The van der Waals surface area contributed by atoms with Gasteiger partial charge >= 0.3 is 0 Å². The number of ether oxygens (including phenoxy) is 1. The van der Waals surface area contributed by atoms with Crippen LogP contribution in [0.15, 0.2) is 54.6 Å². The molecule has 1 heterocycles. The van der Waals surface area contributed by atoms with E-state index in [-0.39, 0.29) is 36.8 Å². The van der Waals surface area contributed by atoms with Crippen LogP contribution in [0.1, 0.15) is 23.7 Å². The summed E-state index contributed by atoms with van der Waals surface area (Å²) in [7, 11) is 0. The molecule has 2 aromatic carbocycles. The molecule has 1 saturated heterocycles. The Morgan fingerprint density at radius 3 is 2.13 bits per heavy atom. The van der Waals surface area contributed by atoms with Gasteiger partial charge in [0, 0.05) is 49.2 Å². The van der Waals surface area contributed by atoms with Crippen molar-refractivity contribution in [1.82, 2.24) is 15.1 Å². The van der Waals surface area contributed by atoms with E-state index in [0.29, 0.717) is 42.5 Å². The predicted octanol–water partition coefficient (Wildman–Crippen LogP) is 2.60. The average molecular weight is 444 g/mol. The molecule has 0 bridgehead atoms. The number of hydrogen-bond acceptors (Lipinski definition) is 4. The summed E-state index contributed by atoms with van der Waals surface area (Å²) >= 11 is 5.84. The van der Waals surface area contributed by atoms with E-state index in [1.807, 2.05) is 13.0 Å². The Balaban J connectivity index is 1.39. The second-order valence-electron chi connectivity index (χ2n) is 7.45. The minimum atomic E-state index is -0.285. The van der Waals surface area contributed by atoms with Gasteiger partial charge in [-0.3, -0.25) is 14.4 Å². The van der Waals surface area contributed by atoms with Crippen LogP contribution >= 0.6 is 11.6 Å². The highest BCUT2D eigenvalue weighted by molar-refractivity contribution is 6.30. The van der Waals surface area contributed by atoms with Crippen LogP contribution in [0, 0.1) is 0 Å². The quantitative estimate of drug-likeness (QED) is 0.713. The number of nitrogens with zero attached hydrogens (tertiary/aromatic N) is 2. The van der Waals surface area contributed by atoms with Gasteiger partial charge in [0.2, 0.25) is 5.91 Å². The van der Waals surface area contributed by atoms with Crippen molar-refractivity contribution in [3.63, 3.8) is 0 Å². The van der Waals surface area contributed by atoms with Crippen molar-refractivity contribution in [2.75, 3.05) is 32.8 Å². The van der Waals surface area contributed by atoms with Crippen LogP contribution in [0.2, 0.25) is 5.02 Å². The van der Waals surface area contributed by atoms with Crippen molar-refractivity contribution in [2.24, 2.45) is 0 Å². The van der Waals surface area contributed by atoms with Gasteiger partial charge in [0.05, 0.1) is 0 Å². The molecule has 3 amide bonds. The van der Waals surface area contributed by atoms with Crippen LogP contribution in [-0.4, -0.2) is 66.3 Å². The third-order valence-electron chi connectivity index (χ3n) is 5.06. The van der Waals surface area contributed by atoms with Crippen LogP contribution in [0.25, 0.3) is 0 Å². The number of benzene rings is 2. The summed E-state index contributed by atoms with van der Waals surface area (Å²) in [5, 5.41) is 3.46. The van der Waals surface area contributed by atoms with E-state index in [1.165, 1.54) is 0 Å². The molecule has 1 atom stereocenters. The molecule has 8 heteroatoms. The predicted molar refractivity (Wildman–Crippen MR) is 118 cm³/mol. The molecule has 31 heavy (non-hydrogen) atoms. The Hall–Kier alpha value is -3.06. The number of rotatable bonds is 7. The lowest BCUT2D eigenvalue weighted by atomic mass is 10.1. The SMILES string of the molecule is CC(CC(=O)N1CCN(C(=O)COc2ccc(Cl)cc2)CC1)NC(=O)c1ccccc1. The first-order chi connectivity index (χ1) is 14.9. The lowest BCUT2D eigenvalue weighted by Gasteiger charge is -2.35. The number of carbonyl (C=O) groups is 3. The molecule has 3 rings (SSSR count). The summed E-state index contributed by atoms with van der Waals surface area (Å²) in [6.45, 7) is 3.60. The zero-order valence-corrected chi connectivity index (χ0v) is 18.2. The highest BCUT2D eigenvalue weighted by atomic mass is 35.5. The van der Waals surface area contributed by atoms with E-state index in [4.69, 9.17) is 16.3 Å². The summed E-state index contributed by atoms with van der Waals surface area (Å²) in [5.74, 6) is 0.228. The van der Waals surface area contributed by atoms with Crippen LogP contribution in [0.4, 0.5) is 0 Å². The third-order valence-corrected chi connectivity index (χ3v) is 5.31. The number of halogens is 1. The van der Waals surface area contributed by atoms with Gasteiger partial charge in [0.1, 0.15) is 5.75 Å². The molecule has 1 unspecified atom stereocenters. The molecule has 1 fully saturated rings. The fourth-order valence-electron chi connectivity index (χ4n) is 3.31. The molecule has 7 nitrogen and oxygen atoms in total. The molecule has 0 radical (unpaired) electrons. The Labute approximate surface area is 186 Å². The summed E-state index contributed by atoms with van der Waals surface area (Å²) in [4.78, 5) is 40.6. The van der Waals surface area contributed by atoms with Crippen LogP contribution < -0.4 is 10.1 Å². The van der Waals surface area contributed by atoms with Crippen molar-refractivity contribution in [2.45, 2.75) is 19.4 Å². The van der Waals surface area contributed by atoms with Gasteiger partial charge < -0.3 is 19.9 Å². The van der Waals surface area contributed by atoms with E-state index in [0.717, 1.165) is 0 Å². The first kappa shape index (κ1) is 22.6. The zero-order chi connectivity index (χ0) is 22.2. The highest BCUT2D eigenvalue weighted by Gasteiger charge is 2.25. The van der Waals surface area contributed by atoms with E-state index in [1.54, 1.807) is 58.3 Å². The van der Waals surface area contributed by atoms with Crippen molar-refractivity contribution >= 4 is 29.3 Å². The lowest BCUT2D eigenvalue weighted by molar-refractivity contribution is -0.140. The molecule has 1 N–H and O–H groups in total. The summed E-state index contributed by atoms with van der Waals surface area (Å²) < 4.78 is 5.51. The van der Waals surface area contributed by atoms with E-state index in [9.17, 15) is 14.4 Å². The van der Waals surface area contributed by atoms with Crippen molar-refractivity contribution in [3.05, 3.63) is 65.2 Å². The first-order valence-corrected chi connectivity index (χ1v) is 10.6. The van der Waals surface area contributed by atoms with Crippen molar-refractivity contribution in [3.8, 4) is 5.75 Å². The molecule has 164 valence electrons. The van der Waals surface area contributed by atoms with Crippen LogP contribution in [-0.2, 0) is 9.59 Å². The monoisotopic (exact) mass is 443 g/mol. The average Bonchev–Trinajstić information content (AvgIpc) is 2.79. The second kappa shape index (κ2) is 10.8. The standard InChI is InChI=1S/C23H26ClN3O4/c1-17(25-23(30)18-5-3-2-4-6-18)15-21(28)26-11-13-27(14-12-26)22(29)16-31-20-9-7-19(24)8-10-20/h2-10,17H,11-16H2,1H3,(H,25,30). The molecule has 1 aliphatic heterocycles. The normalized spacial score (nSPS) is 14.6. The second-order valence-corrected chi connectivity index (χ2v) is 7.89. The minimum Gasteiger partial charge on any atom is -0.484 e. The number of carbonyl (C=O) groups excluding carboxylic acids is 3. The molecule has 0 saturated carbocycles. The Morgan fingerprint density at radius 1 is 0.935 bits per heavy atom. The smallest absolute Gasteiger partial charge is 0.260 e. The molecule has 0 aliphatic carbocycles. The number of amides is 3. The topological polar surface area (TPSA) is 79.0 Å². The fraction of sp³-hybridized carbons (Fsp3) is 0.348. The van der Waals surface area contributed by atoms with Crippen LogP contribution in [0.5, 0.6) is 5.75 Å². The van der Waals surface area contributed by atoms with E-state index >= 15 is 0 Å². The maximum Gasteiger partial charge on any atom is 0.260 e. The van der Waals surface area contributed by atoms with Gasteiger partial charge in [-0.15, -0.1) is 0 Å². The maximum atomic E-state index is 12.6. The minimum absolute atomic E-state index is 0.0367. The number of nitrogens with one attached hydrogen (secondary N) is 1. The molecule has 1 aliphatic rings. The van der Waals surface area contributed by atoms with Gasteiger partial charge in [0.15, 0.2) is 6.61 Å². The zero-order valence-electron chi connectivity index (χ0n) is 17.4. The van der Waals surface area contributed by atoms with Gasteiger partial charge in [-0.05, 0) is 43.3 Å². The largest absolute Gasteiger partial charge is 0.484 e. The van der Waals surface area contributed by atoms with Gasteiger partial charge in [-0.25, -0.2) is 0 Å². The summed E-state index contributed by atoms with van der Waals surface area (Å²) in [5.41, 5.74) is 0.565. The lowest BCUT2D eigenvalue weighted by Crippen LogP contribution is -2.52. The van der Waals surface area contributed by atoms with Crippen LogP contribution in [0.3, 0.4) is 0 Å². The Morgan fingerprint density at radius 2 is 1.52 bits per heavy atom. The number of piperazine rings is 1. The molecular weight excluding hydrogens is 418 g/mol. The Bertz CT molecular complexity index is 897. The van der Waals surface area contributed by atoms with Gasteiger partial charge in [-0.1, -0.05) is 29.8 Å². The first-order valence-electron chi connectivity index (χ1n) is 10.2. The van der Waals surface area contributed by atoms with Crippen molar-refractivity contribution in [1.29, 1.82) is 0 Å². The molecule has 0 spiro atoms. The van der Waals surface area contributed by atoms with E-state index in [2.05, 4.69) is 5.32 Å².